The van der Waals surface area contributed by atoms with Crippen molar-refractivity contribution in [2.75, 3.05) is 11.5 Å². The monoisotopic (exact) mass is 303 g/mol. The number of benzene rings is 1. The number of unbranched alkanes of at least 4 members (excludes halogenated alkanes) is 3. The second-order valence-electron chi connectivity index (χ2n) is 5.45. The maximum atomic E-state index is 8.83. The molecular formula is C16H22BNS2. The van der Waals surface area contributed by atoms with Crippen LogP contribution in [0.25, 0.3) is 0 Å². The van der Waals surface area contributed by atoms with Crippen molar-refractivity contribution in [3.05, 3.63) is 29.8 Å². The summed E-state index contributed by atoms with van der Waals surface area (Å²) in [6, 6.07) is 10.3. The lowest BCUT2D eigenvalue weighted by Gasteiger charge is -2.26. The molecule has 0 N–H and O–H groups in total. The fourth-order valence-corrected chi connectivity index (χ4v) is 5.64. The van der Waals surface area contributed by atoms with Gasteiger partial charge in [0.15, 0.2) is 0 Å². The van der Waals surface area contributed by atoms with Gasteiger partial charge in [-0.1, -0.05) is 50.2 Å². The Morgan fingerprint density at radius 3 is 2.45 bits per heavy atom. The zero-order valence-corrected chi connectivity index (χ0v) is 13.8. The number of rotatable bonds is 6. The van der Waals surface area contributed by atoms with Gasteiger partial charge in [0.2, 0.25) is 0 Å². The molecule has 1 aromatic rings. The van der Waals surface area contributed by atoms with Gasteiger partial charge < -0.3 is 0 Å². The Balaban J connectivity index is 1.74. The van der Waals surface area contributed by atoms with Gasteiger partial charge in [-0.25, -0.2) is 0 Å². The molecule has 1 aliphatic heterocycles. The van der Waals surface area contributed by atoms with Gasteiger partial charge in [0.25, 0.3) is 0 Å². The first-order valence-corrected chi connectivity index (χ1v) is 9.66. The maximum absolute atomic E-state index is 8.83. The van der Waals surface area contributed by atoms with Crippen molar-refractivity contribution in [1.82, 2.24) is 0 Å². The number of nitriles is 1. The van der Waals surface area contributed by atoms with Crippen molar-refractivity contribution < 1.29 is 0 Å². The molecule has 1 fully saturated rings. The maximum Gasteiger partial charge on any atom is 0.307 e. The summed E-state index contributed by atoms with van der Waals surface area (Å²) in [5.74, 6) is 3.49. The van der Waals surface area contributed by atoms with Crippen LogP contribution in [0.1, 0.15) is 44.6 Å². The molecule has 106 valence electrons. The molecule has 1 aliphatic rings. The molecule has 0 radical (unpaired) electrons. The highest BCUT2D eigenvalue weighted by atomic mass is 32.2. The Morgan fingerprint density at radius 1 is 1.15 bits per heavy atom. The molecule has 1 aromatic carbocycles. The van der Waals surface area contributed by atoms with E-state index in [-0.39, 0.29) is 0 Å². The minimum absolute atomic E-state index is 0.564. The first-order valence-electron chi connectivity index (χ1n) is 7.56. The molecule has 2 rings (SSSR count). The summed E-state index contributed by atoms with van der Waals surface area (Å²) in [7, 11) is 0. The van der Waals surface area contributed by atoms with Crippen LogP contribution in [-0.4, -0.2) is 16.8 Å². The summed E-state index contributed by atoms with van der Waals surface area (Å²) >= 11 is 4.16. The van der Waals surface area contributed by atoms with Crippen LogP contribution in [0.15, 0.2) is 24.3 Å². The molecule has 0 atom stereocenters. The van der Waals surface area contributed by atoms with Crippen LogP contribution in [0.5, 0.6) is 0 Å². The van der Waals surface area contributed by atoms with Crippen molar-refractivity contribution in [1.29, 1.82) is 5.26 Å². The van der Waals surface area contributed by atoms with E-state index in [2.05, 4.69) is 48.4 Å². The first-order chi connectivity index (χ1) is 9.83. The van der Waals surface area contributed by atoms with Crippen molar-refractivity contribution in [3.8, 4) is 6.07 Å². The number of hydrogen-bond acceptors (Lipinski definition) is 3. The van der Waals surface area contributed by atoms with Crippen molar-refractivity contribution in [2.24, 2.45) is 5.92 Å². The normalized spacial score (nSPS) is 16.1. The number of hydrogen-bond donors (Lipinski definition) is 0. The van der Waals surface area contributed by atoms with E-state index in [0.29, 0.717) is 5.27 Å². The predicted molar refractivity (Wildman–Crippen MR) is 93.7 cm³/mol. The Bertz CT molecular complexity index is 433. The third-order valence-corrected chi connectivity index (χ3v) is 7.04. The highest BCUT2D eigenvalue weighted by molar-refractivity contribution is 8.56. The van der Waals surface area contributed by atoms with E-state index in [0.717, 1.165) is 11.5 Å². The average molecular weight is 303 g/mol. The highest BCUT2D eigenvalue weighted by Crippen LogP contribution is 2.32. The lowest BCUT2D eigenvalue weighted by Crippen LogP contribution is -2.30. The van der Waals surface area contributed by atoms with Gasteiger partial charge >= 0.3 is 5.27 Å². The fraction of sp³-hybridized carbons (Fsp3) is 0.562. The van der Waals surface area contributed by atoms with E-state index < -0.39 is 0 Å². The van der Waals surface area contributed by atoms with Crippen LogP contribution >= 0.6 is 23.2 Å². The lowest BCUT2D eigenvalue weighted by molar-refractivity contribution is 0.537. The van der Waals surface area contributed by atoms with Gasteiger partial charge in [-0.3, -0.25) is 0 Å². The molecule has 0 bridgehead atoms. The fourth-order valence-electron chi connectivity index (χ4n) is 2.48. The molecule has 1 saturated heterocycles. The summed E-state index contributed by atoms with van der Waals surface area (Å²) in [6.07, 6.45) is 6.93. The summed E-state index contributed by atoms with van der Waals surface area (Å²) in [4.78, 5) is 0. The Kier molecular flexibility index (Phi) is 6.89. The standard InChI is InChI=1S/C16H22BNS2/c1-2-3-4-5-6-15-12-19-17(20-13-15)16-9-7-14(11-18)8-10-16/h7-10,15H,2-6,12-13H2,1H3. The molecule has 4 heteroatoms. The van der Waals surface area contributed by atoms with Crippen molar-refractivity contribution >= 4 is 34.0 Å². The third kappa shape index (κ3) is 4.79. The van der Waals surface area contributed by atoms with Crippen LogP contribution in [0.3, 0.4) is 0 Å². The van der Waals surface area contributed by atoms with Crippen molar-refractivity contribution in [2.45, 2.75) is 39.0 Å². The van der Waals surface area contributed by atoms with E-state index >= 15 is 0 Å². The van der Waals surface area contributed by atoms with Crippen LogP contribution in [0, 0.1) is 17.2 Å². The van der Waals surface area contributed by atoms with Crippen LogP contribution in [0.2, 0.25) is 0 Å². The molecule has 0 spiro atoms. The van der Waals surface area contributed by atoms with E-state index in [1.165, 1.54) is 49.1 Å². The summed E-state index contributed by atoms with van der Waals surface area (Å²) < 4.78 is 0. The molecular weight excluding hydrogens is 281 g/mol. The molecule has 0 aliphatic carbocycles. The third-order valence-electron chi connectivity index (χ3n) is 3.74. The van der Waals surface area contributed by atoms with E-state index in [1.54, 1.807) is 0 Å². The van der Waals surface area contributed by atoms with E-state index in [9.17, 15) is 0 Å². The molecule has 1 nitrogen and oxygen atoms in total. The highest BCUT2D eigenvalue weighted by Gasteiger charge is 2.26. The minimum atomic E-state index is 0.564. The van der Waals surface area contributed by atoms with E-state index in [4.69, 9.17) is 5.26 Å². The Morgan fingerprint density at radius 2 is 1.85 bits per heavy atom. The van der Waals surface area contributed by atoms with Crippen LogP contribution in [-0.2, 0) is 0 Å². The van der Waals surface area contributed by atoms with Gasteiger partial charge in [0.05, 0.1) is 11.6 Å². The second-order valence-corrected chi connectivity index (χ2v) is 8.02. The van der Waals surface area contributed by atoms with Gasteiger partial charge in [-0.15, -0.1) is 0 Å². The van der Waals surface area contributed by atoms with E-state index in [1.807, 2.05) is 12.1 Å². The Labute approximate surface area is 131 Å². The molecule has 20 heavy (non-hydrogen) atoms. The lowest BCUT2D eigenvalue weighted by atomic mass is 9.91. The average Bonchev–Trinajstić information content (AvgIpc) is 2.52. The molecule has 1 heterocycles. The Hall–Kier alpha value is -0.525. The zero-order chi connectivity index (χ0) is 14.2. The van der Waals surface area contributed by atoms with Gasteiger partial charge in [0, 0.05) is 0 Å². The summed E-state index contributed by atoms with van der Waals surface area (Å²) in [5, 5.41) is 9.40. The summed E-state index contributed by atoms with van der Waals surface area (Å²) in [6.45, 7) is 2.27. The van der Waals surface area contributed by atoms with Crippen molar-refractivity contribution in [3.63, 3.8) is 0 Å². The molecule has 0 aromatic heterocycles. The zero-order valence-electron chi connectivity index (χ0n) is 12.2. The van der Waals surface area contributed by atoms with Crippen LogP contribution < -0.4 is 5.46 Å². The smallest absolute Gasteiger partial charge is 0.192 e. The molecule has 0 unspecified atom stereocenters. The number of nitrogens with zero attached hydrogens (tertiary/aromatic N) is 1. The van der Waals surface area contributed by atoms with Crippen LogP contribution in [0.4, 0.5) is 0 Å². The van der Waals surface area contributed by atoms with Gasteiger partial charge in [-0.05, 0) is 36.0 Å². The molecule has 0 saturated carbocycles. The summed E-state index contributed by atoms with van der Waals surface area (Å²) in [5.41, 5.74) is 2.12. The first kappa shape index (κ1) is 15.9. The second kappa shape index (κ2) is 8.69. The minimum Gasteiger partial charge on any atom is -0.192 e. The molecule has 0 amide bonds. The SMILES string of the molecule is CCCCCCC1CSB(c2ccc(C#N)cc2)SC1. The quantitative estimate of drug-likeness (QED) is 0.577. The topological polar surface area (TPSA) is 23.8 Å². The largest absolute Gasteiger partial charge is 0.307 e. The van der Waals surface area contributed by atoms with Gasteiger partial charge in [-0.2, -0.15) is 28.5 Å². The van der Waals surface area contributed by atoms with Gasteiger partial charge in [0.1, 0.15) is 0 Å². The predicted octanol–water partition coefficient (Wildman–Crippen LogP) is 4.32.